The Morgan fingerprint density at radius 3 is 2.48 bits per heavy atom. The highest BCUT2D eigenvalue weighted by Crippen LogP contribution is 2.18. The van der Waals surface area contributed by atoms with Crippen LogP contribution >= 0.6 is 22.9 Å². The average Bonchev–Trinajstić information content (AvgIpc) is 2.99. The minimum Gasteiger partial charge on any atom is -0.448 e. The maximum absolute atomic E-state index is 12.0. The van der Waals surface area contributed by atoms with E-state index in [-0.39, 0.29) is 10.7 Å². The first kappa shape index (κ1) is 17.1. The van der Waals surface area contributed by atoms with E-state index in [0.717, 1.165) is 11.3 Å². The molecule has 120 valence electrons. The number of Topliss-reactive ketones (excluding diaryl/α,β-unsaturated/α-hetero) is 1. The number of carbonyl (C=O) groups excluding carboxylic acids is 3. The van der Waals surface area contributed by atoms with E-state index >= 15 is 0 Å². The molecule has 2 aromatic heterocycles. The Kier molecular flexibility index (Phi) is 5.46. The highest BCUT2D eigenvalue weighted by Gasteiger charge is 2.21. The van der Waals surface area contributed by atoms with Gasteiger partial charge in [-0.05, 0) is 38.1 Å². The number of hydrogen-bond donors (Lipinski definition) is 1. The molecule has 0 unspecified atom stereocenters. The summed E-state index contributed by atoms with van der Waals surface area (Å²) in [5, 5.41) is 2.96. The molecule has 0 aliphatic rings. The normalized spacial score (nSPS) is 11.6. The van der Waals surface area contributed by atoms with Gasteiger partial charge in [0, 0.05) is 6.20 Å². The molecule has 0 aliphatic carbocycles. The topological polar surface area (TPSA) is 85.4 Å². The van der Waals surface area contributed by atoms with Gasteiger partial charge in [0.2, 0.25) is 0 Å². The van der Waals surface area contributed by atoms with Crippen molar-refractivity contribution in [1.82, 2.24) is 4.98 Å². The summed E-state index contributed by atoms with van der Waals surface area (Å²) in [5.74, 6) is -1.00. The molecule has 0 spiro atoms. The van der Waals surface area contributed by atoms with Gasteiger partial charge in [0.05, 0.1) is 9.90 Å². The zero-order valence-corrected chi connectivity index (χ0v) is 13.9. The predicted molar refractivity (Wildman–Crippen MR) is 87.1 cm³/mol. The van der Waals surface area contributed by atoms with Crippen molar-refractivity contribution in [2.24, 2.45) is 0 Å². The van der Waals surface area contributed by atoms with E-state index in [4.69, 9.17) is 16.3 Å². The van der Waals surface area contributed by atoms with Crippen LogP contribution in [-0.4, -0.2) is 28.7 Å². The van der Waals surface area contributed by atoms with E-state index in [0.29, 0.717) is 15.7 Å². The zero-order valence-electron chi connectivity index (χ0n) is 12.3. The Morgan fingerprint density at radius 2 is 1.91 bits per heavy atom. The number of halogens is 1. The quantitative estimate of drug-likeness (QED) is 0.659. The molecule has 8 heteroatoms. The lowest BCUT2D eigenvalue weighted by atomic mass is 10.3. The molecule has 2 aromatic rings. The Balaban J connectivity index is 1.95. The number of anilines is 1. The number of pyridine rings is 1. The molecule has 1 atom stereocenters. The Hall–Kier alpha value is -2.25. The van der Waals surface area contributed by atoms with E-state index in [9.17, 15) is 14.4 Å². The van der Waals surface area contributed by atoms with Gasteiger partial charge >= 0.3 is 5.97 Å². The SMILES string of the molecule is CC(=O)c1ccc(C(=O)O[C@H](C)C(=O)Nc2ccc(Cl)cn2)s1. The molecular formula is C15H13ClN2O4S. The fraction of sp³-hybridized carbons (Fsp3) is 0.200. The average molecular weight is 353 g/mol. The first-order valence-corrected chi connectivity index (χ1v) is 7.80. The van der Waals surface area contributed by atoms with E-state index < -0.39 is 18.0 Å². The van der Waals surface area contributed by atoms with Crippen molar-refractivity contribution in [2.45, 2.75) is 20.0 Å². The number of amides is 1. The smallest absolute Gasteiger partial charge is 0.349 e. The number of carbonyl (C=O) groups is 3. The number of ether oxygens (including phenoxy) is 1. The van der Waals surface area contributed by atoms with Crippen LogP contribution in [0.1, 0.15) is 33.2 Å². The second-order valence-corrected chi connectivity index (χ2v) is 6.14. The third-order valence-corrected chi connectivity index (χ3v) is 4.18. The van der Waals surface area contributed by atoms with Crippen LogP contribution in [0, 0.1) is 0 Å². The van der Waals surface area contributed by atoms with Crippen LogP contribution in [0.25, 0.3) is 0 Å². The summed E-state index contributed by atoms with van der Waals surface area (Å²) < 4.78 is 5.08. The van der Waals surface area contributed by atoms with Crippen LogP contribution in [-0.2, 0) is 9.53 Å². The lowest BCUT2D eigenvalue weighted by Crippen LogP contribution is -2.30. The highest BCUT2D eigenvalue weighted by atomic mass is 35.5. The van der Waals surface area contributed by atoms with Gasteiger partial charge in [0.25, 0.3) is 5.91 Å². The van der Waals surface area contributed by atoms with Crippen molar-refractivity contribution in [3.05, 3.63) is 45.2 Å². The van der Waals surface area contributed by atoms with Crippen LogP contribution in [0.15, 0.2) is 30.5 Å². The van der Waals surface area contributed by atoms with Crippen molar-refractivity contribution >= 4 is 46.4 Å². The molecule has 0 bridgehead atoms. The standard InChI is InChI=1S/C15H13ClN2O4S/c1-8(19)11-4-5-12(23-11)15(21)22-9(2)14(20)18-13-6-3-10(16)7-17-13/h3-7,9H,1-2H3,(H,17,18,20)/t9-/m1/s1. The minimum atomic E-state index is -1.01. The summed E-state index contributed by atoms with van der Waals surface area (Å²) in [6.45, 7) is 2.86. The van der Waals surface area contributed by atoms with E-state index in [1.54, 1.807) is 12.1 Å². The Morgan fingerprint density at radius 1 is 1.22 bits per heavy atom. The van der Waals surface area contributed by atoms with Crippen LogP contribution in [0.2, 0.25) is 5.02 Å². The zero-order chi connectivity index (χ0) is 17.0. The molecule has 0 radical (unpaired) electrons. The van der Waals surface area contributed by atoms with Gasteiger partial charge in [-0.1, -0.05) is 11.6 Å². The third-order valence-electron chi connectivity index (χ3n) is 2.79. The molecule has 6 nitrogen and oxygen atoms in total. The fourth-order valence-electron chi connectivity index (χ4n) is 1.59. The molecule has 0 aromatic carbocycles. The first-order chi connectivity index (χ1) is 10.9. The maximum atomic E-state index is 12.0. The van der Waals surface area contributed by atoms with Gasteiger partial charge in [-0.15, -0.1) is 11.3 Å². The number of aromatic nitrogens is 1. The largest absolute Gasteiger partial charge is 0.448 e. The van der Waals surface area contributed by atoms with Crippen LogP contribution in [0.3, 0.4) is 0 Å². The monoisotopic (exact) mass is 352 g/mol. The predicted octanol–water partition coefficient (Wildman–Crippen LogP) is 3.18. The number of esters is 1. The number of nitrogens with one attached hydrogen (secondary N) is 1. The van der Waals surface area contributed by atoms with Crippen molar-refractivity contribution in [2.75, 3.05) is 5.32 Å². The molecular weight excluding hydrogens is 340 g/mol. The summed E-state index contributed by atoms with van der Waals surface area (Å²) in [5.41, 5.74) is 0. The van der Waals surface area contributed by atoms with Gasteiger partial charge in [0.15, 0.2) is 11.9 Å². The van der Waals surface area contributed by atoms with Crippen LogP contribution < -0.4 is 5.32 Å². The molecule has 1 N–H and O–H groups in total. The fourth-order valence-corrected chi connectivity index (χ4v) is 2.48. The molecule has 0 saturated carbocycles. The second kappa shape index (κ2) is 7.34. The summed E-state index contributed by atoms with van der Waals surface area (Å²) in [7, 11) is 0. The molecule has 23 heavy (non-hydrogen) atoms. The molecule has 0 aliphatic heterocycles. The van der Waals surface area contributed by atoms with E-state index in [1.165, 1.54) is 32.2 Å². The number of hydrogen-bond acceptors (Lipinski definition) is 6. The van der Waals surface area contributed by atoms with Gasteiger partial charge < -0.3 is 10.1 Å². The summed E-state index contributed by atoms with van der Waals surface area (Å²) in [6, 6.07) is 6.16. The number of nitrogens with zero attached hydrogens (tertiary/aromatic N) is 1. The lowest BCUT2D eigenvalue weighted by Gasteiger charge is -2.12. The van der Waals surface area contributed by atoms with Crippen molar-refractivity contribution in [3.8, 4) is 0 Å². The van der Waals surface area contributed by atoms with Gasteiger partial charge in [0.1, 0.15) is 10.7 Å². The summed E-state index contributed by atoms with van der Waals surface area (Å²) in [6.07, 6.45) is 0.380. The number of ketones is 1. The number of thiophene rings is 1. The van der Waals surface area contributed by atoms with Gasteiger partial charge in [-0.3, -0.25) is 9.59 Å². The van der Waals surface area contributed by atoms with Gasteiger partial charge in [-0.2, -0.15) is 0 Å². The first-order valence-electron chi connectivity index (χ1n) is 6.61. The molecule has 2 rings (SSSR count). The van der Waals surface area contributed by atoms with Crippen molar-refractivity contribution < 1.29 is 19.1 Å². The third kappa shape index (κ3) is 4.61. The van der Waals surface area contributed by atoms with E-state index in [1.807, 2.05) is 0 Å². The number of rotatable bonds is 5. The second-order valence-electron chi connectivity index (χ2n) is 4.62. The minimum absolute atomic E-state index is 0.131. The van der Waals surface area contributed by atoms with Gasteiger partial charge in [-0.25, -0.2) is 9.78 Å². The summed E-state index contributed by atoms with van der Waals surface area (Å²) in [4.78, 5) is 39.8. The molecule has 1 amide bonds. The van der Waals surface area contributed by atoms with Crippen molar-refractivity contribution in [3.63, 3.8) is 0 Å². The molecule has 2 heterocycles. The molecule has 0 fully saturated rings. The van der Waals surface area contributed by atoms with E-state index in [2.05, 4.69) is 10.3 Å². The van der Waals surface area contributed by atoms with Crippen LogP contribution in [0.4, 0.5) is 5.82 Å². The Bertz CT molecular complexity index is 742. The maximum Gasteiger partial charge on any atom is 0.349 e. The van der Waals surface area contributed by atoms with Crippen molar-refractivity contribution in [1.29, 1.82) is 0 Å². The van der Waals surface area contributed by atoms with Crippen LogP contribution in [0.5, 0.6) is 0 Å². The highest BCUT2D eigenvalue weighted by molar-refractivity contribution is 7.15. The summed E-state index contributed by atoms with van der Waals surface area (Å²) >= 11 is 6.73. The molecule has 0 saturated heterocycles. The Labute approximate surface area is 141 Å². The lowest BCUT2D eigenvalue weighted by molar-refractivity contribution is -0.123.